The van der Waals surface area contributed by atoms with E-state index in [-0.39, 0.29) is 5.92 Å². The molecule has 2 bridgehead atoms. The van der Waals surface area contributed by atoms with Crippen molar-refractivity contribution in [2.24, 2.45) is 5.92 Å². The maximum atomic E-state index is 13.6. The van der Waals surface area contributed by atoms with Gasteiger partial charge in [-0.3, -0.25) is 0 Å². The lowest BCUT2D eigenvalue weighted by atomic mass is 9.55. The van der Waals surface area contributed by atoms with Crippen molar-refractivity contribution in [2.75, 3.05) is 6.54 Å². The van der Waals surface area contributed by atoms with E-state index in [0.717, 1.165) is 5.56 Å². The van der Waals surface area contributed by atoms with Gasteiger partial charge in [-0.1, -0.05) is 30.3 Å². The topological polar surface area (TPSA) is 61.8 Å². The fourth-order valence-electron chi connectivity index (χ4n) is 4.37. The molecule has 7 heteroatoms. The highest BCUT2D eigenvalue weighted by molar-refractivity contribution is 5.69. The molecule has 4 unspecified atom stereocenters. The molecule has 2 heterocycles. The molecule has 150 valence electrons. The Morgan fingerprint density at radius 1 is 1.37 bits per heavy atom. The van der Waals surface area contributed by atoms with Gasteiger partial charge in [0.25, 0.3) is 6.43 Å². The molecule has 2 aliphatic heterocycles. The highest BCUT2D eigenvalue weighted by Gasteiger charge is 2.66. The summed E-state index contributed by atoms with van der Waals surface area (Å²) < 4.78 is 32.6. The van der Waals surface area contributed by atoms with Crippen molar-refractivity contribution in [1.82, 2.24) is 10.2 Å². The molecule has 4 rings (SSSR count). The number of fused-ring (bicyclic) bond motifs is 2. The van der Waals surface area contributed by atoms with Gasteiger partial charge in [-0.15, -0.1) is 0 Å². The first-order valence-corrected chi connectivity index (χ1v) is 9.40. The van der Waals surface area contributed by atoms with E-state index < -0.39 is 35.8 Å². The number of rotatable bonds is 5. The van der Waals surface area contributed by atoms with Crippen molar-refractivity contribution >= 4 is 6.09 Å². The molecule has 3 fully saturated rings. The quantitative estimate of drug-likeness (QED) is 0.821. The Bertz CT molecular complexity index is 663. The number of halogens is 2. The summed E-state index contributed by atoms with van der Waals surface area (Å²) in [4.78, 5) is 14.1. The number of carbonyl (C=O) groups is 1. The molecular weight excluding hydrogens is 354 g/mol. The minimum absolute atomic E-state index is 0.103. The number of alkyl halides is 2. The van der Waals surface area contributed by atoms with Crippen LogP contribution in [0, 0.1) is 5.92 Å². The summed E-state index contributed by atoms with van der Waals surface area (Å²) in [5.74, 6) is -0.103. The number of benzene rings is 1. The maximum Gasteiger partial charge on any atom is 0.410 e. The highest BCUT2D eigenvalue weighted by Crippen LogP contribution is 2.51. The van der Waals surface area contributed by atoms with Gasteiger partial charge in [-0.25, -0.2) is 13.6 Å². The molecule has 5 nitrogen and oxygen atoms in total. The van der Waals surface area contributed by atoms with Crippen molar-refractivity contribution < 1.29 is 23.4 Å². The van der Waals surface area contributed by atoms with Crippen LogP contribution in [0.25, 0.3) is 0 Å². The van der Waals surface area contributed by atoms with Crippen LogP contribution in [0.2, 0.25) is 0 Å². The largest absolute Gasteiger partial charge is 0.444 e. The zero-order chi connectivity index (χ0) is 19.8. The van der Waals surface area contributed by atoms with E-state index in [9.17, 15) is 18.7 Å². The van der Waals surface area contributed by atoms with Gasteiger partial charge in [0.2, 0.25) is 0 Å². The second-order valence-electron chi connectivity index (χ2n) is 8.46. The monoisotopic (exact) mass is 382 g/mol. The number of nitrogens with zero attached hydrogens (tertiary/aromatic N) is 1. The lowest BCUT2D eigenvalue weighted by molar-refractivity contribution is -0.179. The molecular formula is C20H28F2N2O3. The number of amides is 1. The van der Waals surface area contributed by atoms with Crippen molar-refractivity contribution in [1.29, 1.82) is 0 Å². The molecule has 1 aromatic carbocycles. The minimum atomic E-state index is -2.89. The number of nitrogens with one attached hydrogen (secondary N) is 1. The summed E-state index contributed by atoms with van der Waals surface area (Å²) in [5.41, 5.74) is -0.953. The first-order valence-electron chi connectivity index (χ1n) is 9.40. The fourth-order valence-corrected chi connectivity index (χ4v) is 4.37. The molecule has 1 aliphatic carbocycles. The van der Waals surface area contributed by atoms with E-state index in [0.29, 0.717) is 25.9 Å². The summed E-state index contributed by atoms with van der Waals surface area (Å²) in [6.45, 7) is 6.11. The van der Waals surface area contributed by atoms with Crippen LogP contribution >= 0.6 is 0 Å². The Labute approximate surface area is 158 Å². The molecule has 1 aromatic rings. The predicted molar refractivity (Wildman–Crippen MR) is 97.5 cm³/mol. The van der Waals surface area contributed by atoms with Crippen molar-refractivity contribution in [3.63, 3.8) is 0 Å². The Kier molecular flexibility index (Phi) is 5.45. The highest BCUT2D eigenvalue weighted by atomic mass is 19.3. The van der Waals surface area contributed by atoms with Crippen LogP contribution in [-0.2, 0) is 11.3 Å². The van der Waals surface area contributed by atoms with E-state index in [1.54, 1.807) is 20.8 Å². The van der Waals surface area contributed by atoms with Gasteiger partial charge in [-0.2, -0.15) is 0 Å². The third kappa shape index (κ3) is 3.80. The van der Waals surface area contributed by atoms with Crippen LogP contribution < -0.4 is 5.32 Å². The van der Waals surface area contributed by atoms with Crippen molar-refractivity contribution in [3.05, 3.63) is 35.9 Å². The second kappa shape index (κ2) is 7.36. The number of aliphatic hydroxyl groups excluding tert-OH is 1. The molecule has 2 N–H and O–H groups in total. The summed E-state index contributed by atoms with van der Waals surface area (Å²) in [6.07, 6.45) is -4.11. The molecule has 3 aliphatic rings. The minimum Gasteiger partial charge on any atom is -0.444 e. The maximum absolute atomic E-state index is 13.6. The molecule has 4 atom stereocenters. The number of carbonyl (C=O) groups excluding carboxylic acids is 1. The summed E-state index contributed by atoms with van der Waals surface area (Å²) in [6, 6.07) is 8.92. The number of ether oxygens (including phenoxy) is 1. The Hall–Kier alpha value is -1.73. The number of hydrogen-bond donors (Lipinski definition) is 2. The van der Waals surface area contributed by atoms with Crippen LogP contribution in [0.1, 0.15) is 39.2 Å². The zero-order valence-electron chi connectivity index (χ0n) is 16.0. The van der Waals surface area contributed by atoms with Gasteiger partial charge in [0.1, 0.15) is 11.7 Å². The van der Waals surface area contributed by atoms with E-state index in [1.165, 1.54) is 4.90 Å². The van der Waals surface area contributed by atoms with Gasteiger partial charge in [0, 0.05) is 13.1 Å². The molecule has 0 radical (unpaired) electrons. The Balaban J connectivity index is 1.83. The van der Waals surface area contributed by atoms with Crippen molar-refractivity contribution in [2.45, 2.75) is 69.9 Å². The lowest BCUT2D eigenvalue weighted by Crippen LogP contribution is -2.82. The first kappa shape index (κ1) is 20.0. The molecule has 1 saturated carbocycles. The Morgan fingerprint density at radius 2 is 2.04 bits per heavy atom. The van der Waals surface area contributed by atoms with Gasteiger partial charge in [0.05, 0.1) is 11.6 Å². The smallest absolute Gasteiger partial charge is 0.410 e. The number of aliphatic hydroxyl groups is 1. The van der Waals surface area contributed by atoms with Crippen molar-refractivity contribution in [3.8, 4) is 0 Å². The average Bonchev–Trinajstić information content (AvgIpc) is 2.61. The number of piperidine rings is 2. The molecule has 0 aromatic heterocycles. The third-order valence-corrected chi connectivity index (χ3v) is 5.63. The SMILES string of the molecule is CC(C)(C)OC(=O)N1CCC2CC1C2(NCc1ccccc1)C(O)C(F)F. The summed E-state index contributed by atoms with van der Waals surface area (Å²) in [7, 11) is 0. The van der Waals surface area contributed by atoms with Crippen LogP contribution in [-0.4, -0.2) is 52.4 Å². The first-order chi connectivity index (χ1) is 12.6. The fraction of sp³-hybridized carbons (Fsp3) is 0.650. The van der Waals surface area contributed by atoms with E-state index in [1.807, 2.05) is 30.3 Å². The van der Waals surface area contributed by atoms with E-state index in [2.05, 4.69) is 5.32 Å². The lowest BCUT2D eigenvalue weighted by Gasteiger charge is -2.64. The molecule has 0 spiro atoms. The third-order valence-electron chi connectivity index (χ3n) is 5.63. The Morgan fingerprint density at radius 3 is 2.59 bits per heavy atom. The van der Waals surface area contributed by atoms with Gasteiger partial charge >= 0.3 is 6.09 Å². The van der Waals surface area contributed by atoms with Gasteiger partial charge in [0.15, 0.2) is 0 Å². The standard InChI is InChI=1S/C20H28F2N2O3/c1-19(2,3)27-18(26)24-10-9-14-11-15(24)20(14,16(25)17(21)22)23-12-13-7-5-4-6-8-13/h4-8,14-17,23,25H,9-12H2,1-3H3. The van der Waals surface area contributed by atoms with Crippen LogP contribution in [0.3, 0.4) is 0 Å². The second-order valence-corrected chi connectivity index (χ2v) is 8.46. The average molecular weight is 382 g/mol. The van der Waals surface area contributed by atoms with Crippen LogP contribution in [0.15, 0.2) is 30.3 Å². The van der Waals surface area contributed by atoms with Crippen LogP contribution in [0.4, 0.5) is 13.6 Å². The predicted octanol–water partition coefficient (Wildman–Crippen LogP) is 3.17. The number of hydrogen-bond acceptors (Lipinski definition) is 4. The normalized spacial score (nSPS) is 28.6. The van der Waals surface area contributed by atoms with Gasteiger partial charge in [-0.05, 0) is 45.1 Å². The van der Waals surface area contributed by atoms with Crippen LogP contribution in [0.5, 0.6) is 0 Å². The summed E-state index contributed by atoms with van der Waals surface area (Å²) in [5, 5.41) is 13.6. The summed E-state index contributed by atoms with van der Waals surface area (Å²) >= 11 is 0. The molecule has 27 heavy (non-hydrogen) atoms. The van der Waals surface area contributed by atoms with E-state index in [4.69, 9.17) is 4.74 Å². The van der Waals surface area contributed by atoms with Gasteiger partial charge < -0.3 is 20.1 Å². The zero-order valence-corrected chi connectivity index (χ0v) is 16.0. The molecule has 1 amide bonds. The molecule has 2 saturated heterocycles. The van der Waals surface area contributed by atoms with E-state index >= 15 is 0 Å².